The van der Waals surface area contributed by atoms with Gasteiger partial charge < -0.3 is 19.0 Å². The highest BCUT2D eigenvalue weighted by molar-refractivity contribution is 5.86. The molecule has 5 rings (SSSR count). The Kier molecular flexibility index (Phi) is 5.63. The molecule has 2 amide bonds. The second-order valence-corrected chi connectivity index (χ2v) is 8.11. The Morgan fingerprint density at radius 1 is 1.09 bits per heavy atom. The zero-order valence-electron chi connectivity index (χ0n) is 19.1. The summed E-state index contributed by atoms with van der Waals surface area (Å²) in [5.74, 6) is 2.15. The lowest BCUT2D eigenvalue weighted by molar-refractivity contribution is 0.199. The van der Waals surface area contributed by atoms with Crippen molar-refractivity contribution in [3.8, 4) is 17.1 Å². The lowest BCUT2D eigenvalue weighted by Crippen LogP contribution is -2.45. The molecule has 0 spiro atoms. The van der Waals surface area contributed by atoms with Crippen molar-refractivity contribution in [1.29, 1.82) is 0 Å². The molecule has 4 aromatic rings. The molecule has 0 radical (unpaired) electrons. The van der Waals surface area contributed by atoms with Crippen LogP contribution in [0.1, 0.15) is 35.7 Å². The normalized spacial score (nSPS) is 16.0. The van der Waals surface area contributed by atoms with E-state index in [9.17, 15) is 4.79 Å². The van der Waals surface area contributed by atoms with E-state index >= 15 is 0 Å². The number of rotatable bonds is 6. The van der Waals surface area contributed by atoms with Gasteiger partial charge in [-0.05, 0) is 43.7 Å². The molecule has 0 saturated carbocycles. The van der Waals surface area contributed by atoms with Crippen LogP contribution in [0, 0.1) is 6.92 Å². The maximum Gasteiger partial charge on any atom is 0.322 e. The molecular weight excluding hydrogens is 432 g/mol. The number of nitrogens with zero attached hydrogens (tertiary/aromatic N) is 3. The van der Waals surface area contributed by atoms with Crippen LogP contribution in [0.5, 0.6) is 5.75 Å². The summed E-state index contributed by atoms with van der Waals surface area (Å²) in [6.07, 6.45) is 1.59. The molecule has 0 aliphatic carbocycles. The lowest BCUT2D eigenvalue weighted by Gasteiger charge is -2.34. The molecule has 8 heteroatoms. The van der Waals surface area contributed by atoms with Crippen molar-refractivity contribution in [1.82, 2.24) is 20.4 Å². The van der Waals surface area contributed by atoms with E-state index in [1.165, 1.54) is 0 Å². The number of allylic oxidation sites excluding steroid dienone is 1. The van der Waals surface area contributed by atoms with Crippen molar-refractivity contribution in [2.75, 3.05) is 7.11 Å². The fourth-order valence-corrected chi connectivity index (χ4v) is 4.03. The molecule has 0 bridgehead atoms. The summed E-state index contributed by atoms with van der Waals surface area (Å²) >= 11 is 0. The minimum absolute atomic E-state index is 0.226. The smallest absolute Gasteiger partial charge is 0.322 e. The van der Waals surface area contributed by atoms with E-state index in [4.69, 9.17) is 13.7 Å². The molecule has 172 valence electrons. The van der Waals surface area contributed by atoms with Crippen molar-refractivity contribution in [2.45, 2.75) is 26.4 Å². The lowest BCUT2D eigenvalue weighted by atomic mass is 9.94. The average molecular weight is 457 g/mol. The summed E-state index contributed by atoms with van der Waals surface area (Å²) in [5, 5.41) is 7.31. The largest absolute Gasteiger partial charge is 0.497 e. The molecular formula is C26H24N4O4. The summed E-state index contributed by atoms with van der Waals surface area (Å²) in [6, 6.07) is 18.4. The van der Waals surface area contributed by atoms with Crippen LogP contribution in [0.3, 0.4) is 0 Å². The zero-order chi connectivity index (χ0) is 23.7. The van der Waals surface area contributed by atoms with E-state index in [1.807, 2.05) is 68.4 Å². The Morgan fingerprint density at radius 2 is 1.91 bits per heavy atom. The maximum absolute atomic E-state index is 13.1. The van der Waals surface area contributed by atoms with Crippen LogP contribution < -0.4 is 10.1 Å². The quantitative estimate of drug-likeness (QED) is 0.421. The molecule has 2 aromatic heterocycles. The maximum atomic E-state index is 13.1. The standard InChI is InChI=1S/C26H24N4O4/c1-16-9-11-18(12-10-16)23-22(17(2)30(26(31)27-23)15-21-8-5-13-33-21)25-28-24(29-34-25)19-6-4-7-20(14-19)32-3/h4-14,23H,15H2,1-3H3,(H,27,31). The first-order valence-electron chi connectivity index (χ1n) is 10.9. The summed E-state index contributed by atoms with van der Waals surface area (Å²) in [7, 11) is 1.61. The van der Waals surface area contributed by atoms with Gasteiger partial charge in [0, 0.05) is 11.3 Å². The van der Waals surface area contributed by atoms with E-state index < -0.39 is 6.04 Å². The average Bonchev–Trinajstić information content (AvgIpc) is 3.54. The van der Waals surface area contributed by atoms with Crippen molar-refractivity contribution in [2.24, 2.45) is 0 Å². The number of hydrogen-bond donors (Lipinski definition) is 1. The molecule has 2 aromatic carbocycles. The number of nitrogens with one attached hydrogen (secondary N) is 1. The monoisotopic (exact) mass is 456 g/mol. The van der Waals surface area contributed by atoms with Gasteiger partial charge in [0.1, 0.15) is 11.5 Å². The molecule has 1 atom stereocenters. The minimum Gasteiger partial charge on any atom is -0.497 e. The van der Waals surface area contributed by atoms with E-state index in [0.29, 0.717) is 28.9 Å². The number of aromatic nitrogens is 2. The molecule has 1 aliphatic rings. The summed E-state index contributed by atoms with van der Waals surface area (Å²) < 4.78 is 16.5. The van der Waals surface area contributed by atoms with Gasteiger partial charge >= 0.3 is 6.03 Å². The summed E-state index contributed by atoms with van der Waals surface area (Å²) in [5.41, 5.74) is 4.27. The number of aryl methyl sites for hydroxylation is 1. The van der Waals surface area contributed by atoms with Crippen LogP contribution in [0.25, 0.3) is 17.0 Å². The zero-order valence-corrected chi connectivity index (χ0v) is 19.1. The Hall–Kier alpha value is -4.33. The number of benzene rings is 2. The second-order valence-electron chi connectivity index (χ2n) is 8.11. The topological polar surface area (TPSA) is 93.6 Å². The number of amides is 2. The van der Waals surface area contributed by atoms with Crippen LogP contribution in [0.2, 0.25) is 0 Å². The van der Waals surface area contributed by atoms with Crippen molar-refractivity contribution < 1.29 is 18.5 Å². The molecule has 1 unspecified atom stereocenters. The van der Waals surface area contributed by atoms with Crippen LogP contribution >= 0.6 is 0 Å². The second kappa shape index (κ2) is 8.90. The predicted octanol–water partition coefficient (Wildman–Crippen LogP) is 5.34. The van der Waals surface area contributed by atoms with E-state index in [-0.39, 0.29) is 12.6 Å². The minimum atomic E-state index is -0.445. The summed E-state index contributed by atoms with van der Waals surface area (Å²) in [4.78, 5) is 19.4. The molecule has 3 heterocycles. The van der Waals surface area contributed by atoms with Gasteiger partial charge in [0.15, 0.2) is 0 Å². The number of carbonyl (C=O) groups is 1. The van der Waals surface area contributed by atoms with Gasteiger partial charge in [-0.15, -0.1) is 0 Å². The fourth-order valence-electron chi connectivity index (χ4n) is 4.03. The van der Waals surface area contributed by atoms with Gasteiger partial charge in [-0.3, -0.25) is 4.90 Å². The van der Waals surface area contributed by atoms with E-state index in [0.717, 1.165) is 22.3 Å². The first-order chi connectivity index (χ1) is 16.5. The first-order valence-corrected chi connectivity index (χ1v) is 10.9. The third kappa shape index (κ3) is 4.05. The molecule has 0 fully saturated rings. The fraction of sp³-hybridized carbons (Fsp3) is 0.192. The molecule has 0 saturated heterocycles. The Bertz CT molecular complexity index is 1340. The SMILES string of the molecule is COc1cccc(-c2noc(C3=C(C)N(Cc4ccco4)C(=O)NC3c3ccc(C)cc3)n2)c1. The highest BCUT2D eigenvalue weighted by atomic mass is 16.5. The Morgan fingerprint density at radius 3 is 2.65 bits per heavy atom. The number of furan rings is 1. The van der Waals surface area contributed by atoms with E-state index in [1.54, 1.807) is 24.3 Å². The number of hydrogen-bond acceptors (Lipinski definition) is 6. The van der Waals surface area contributed by atoms with Crippen molar-refractivity contribution >= 4 is 11.6 Å². The van der Waals surface area contributed by atoms with Crippen molar-refractivity contribution in [3.05, 3.63) is 95.4 Å². The highest BCUT2D eigenvalue weighted by Gasteiger charge is 2.36. The van der Waals surface area contributed by atoms with Crippen LogP contribution in [-0.2, 0) is 6.54 Å². The van der Waals surface area contributed by atoms with Crippen LogP contribution in [0.15, 0.2) is 81.6 Å². The Labute approximate surface area is 196 Å². The van der Waals surface area contributed by atoms with Gasteiger partial charge in [0.2, 0.25) is 5.82 Å². The first kappa shape index (κ1) is 21.5. The van der Waals surface area contributed by atoms with E-state index in [2.05, 4.69) is 15.5 Å². The van der Waals surface area contributed by atoms with Gasteiger partial charge in [-0.2, -0.15) is 4.98 Å². The van der Waals surface area contributed by atoms with Crippen LogP contribution in [0.4, 0.5) is 4.79 Å². The number of ether oxygens (including phenoxy) is 1. The molecule has 1 N–H and O–H groups in total. The number of carbonyl (C=O) groups excluding carboxylic acids is 1. The third-order valence-electron chi connectivity index (χ3n) is 5.89. The molecule has 34 heavy (non-hydrogen) atoms. The number of methoxy groups -OCH3 is 1. The van der Waals surface area contributed by atoms with Gasteiger partial charge in [0.25, 0.3) is 5.89 Å². The summed E-state index contributed by atoms with van der Waals surface area (Å²) in [6.45, 7) is 4.19. The third-order valence-corrected chi connectivity index (χ3v) is 5.89. The van der Waals surface area contributed by atoms with Gasteiger partial charge in [-0.1, -0.05) is 47.1 Å². The Balaban J connectivity index is 1.59. The number of urea groups is 1. The van der Waals surface area contributed by atoms with Crippen LogP contribution in [-0.4, -0.2) is 28.2 Å². The predicted molar refractivity (Wildman–Crippen MR) is 126 cm³/mol. The molecule has 8 nitrogen and oxygen atoms in total. The van der Waals surface area contributed by atoms with Gasteiger partial charge in [0.05, 0.1) is 31.5 Å². The molecule has 1 aliphatic heterocycles. The van der Waals surface area contributed by atoms with Crippen molar-refractivity contribution in [3.63, 3.8) is 0 Å². The highest BCUT2D eigenvalue weighted by Crippen LogP contribution is 2.38. The van der Waals surface area contributed by atoms with Gasteiger partial charge in [-0.25, -0.2) is 4.79 Å².